The van der Waals surface area contributed by atoms with E-state index in [1.54, 1.807) is 11.8 Å². The molecule has 1 heterocycles. The molecular weight excluding hydrogens is 208 g/mol. The van der Waals surface area contributed by atoms with Crippen LogP contribution in [0.15, 0.2) is 12.7 Å². The summed E-state index contributed by atoms with van der Waals surface area (Å²) in [6, 6.07) is -0.0414. The zero-order valence-corrected chi connectivity index (χ0v) is 9.28. The monoisotopic (exact) mass is 224 g/mol. The van der Waals surface area contributed by atoms with E-state index in [4.69, 9.17) is 5.11 Å². The van der Waals surface area contributed by atoms with Crippen LogP contribution in [0.5, 0.6) is 0 Å². The van der Waals surface area contributed by atoms with Crippen LogP contribution in [0.25, 0.3) is 0 Å². The van der Waals surface area contributed by atoms with E-state index in [9.17, 15) is 4.79 Å². The van der Waals surface area contributed by atoms with Gasteiger partial charge in [-0.15, -0.1) is 0 Å². The third kappa shape index (κ3) is 2.21. The molecule has 0 spiro atoms. The smallest absolute Gasteiger partial charge is 0.247 e. The fraction of sp³-hybridized carbons (Fsp3) is 0.700. The van der Waals surface area contributed by atoms with Gasteiger partial charge < -0.3 is 10.0 Å². The summed E-state index contributed by atoms with van der Waals surface area (Å²) in [5.74, 6) is 0.00190. The Kier molecular flexibility index (Phi) is 3.19. The minimum Gasteiger partial charge on any atom is -0.395 e. The van der Waals surface area contributed by atoms with Gasteiger partial charge in [-0.3, -0.25) is 4.79 Å². The van der Waals surface area contributed by atoms with Crippen LogP contribution in [-0.2, 0) is 4.79 Å². The van der Waals surface area contributed by atoms with E-state index in [1.807, 2.05) is 0 Å². The fourth-order valence-corrected chi connectivity index (χ4v) is 1.74. The van der Waals surface area contributed by atoms with Crippen molar-refractivity contribution in [1.82, 2.24) is 19.7 Å². The number of aliphatic hydroxyl groups is 1. The standard InChI is InChI=1S/C10H16N4O2/c1-8(14-7-11-6-12-14)10(16)13(4-5-15)9-2-3-9/h6-9,15H,2-5H2,1H3. The number of amides is 1. The molecule has 0 aromatic carbocycles. The molecule has 6 heteroatoms. The van der Waals surface area contributed by atoms with E-state index in [0.29, 0.717) is 12.6 Å². The lowest BCUT2D eigenvalue weighted by molar-refractivity contribution is -0.135. The molecule has 2 rings (SSSR count). The molecule has 16 heavy (non-hydrogen) atoms. The average Bonchev–Trinajstić information content (AvgIpc) is 2.98. The number of aromatic nitrogens is 3. The topological polar surface area (TPSA) is 71.2 Å². The SMILES string of the molecule is CC(C(=O)N(CCO)C1CC1)n1cncn1. The lowest BCUT2D eigenvalue weighted by Gasteiger charge is -2.24. The first-order valence-electron chi connectivity index (χ1n) is 5.49. The van der Waals surface area contributed by atoms with Gasteiger partial charge in [0.25, 0.3) is 0 Å². The molecule has 1 aromatic heterocycles. The number of carbonyl (C=O) groups excluding carboxylic acids is 1. The van der Waals surface area contributed by atoms with E-state index in [-0.39, 0.29) is 18.6 Å². The average molecular weight is 224 g/mol. The Morgan fingerprint density at radius 2 is 2.44 bits per heavy atom. The highest BCUT2D eigenvalue weighted by Crippen LogP contribution is 2.28. The molecule has 1 aliphatic carbocycles. The quantitative estimate of drug-likeness (QED) is 0.753. The minimum absolute atomic E-state index is 0.00190. The van der Waals surface area contributed by atoms with Gasteiger partial charge in [-0.2, -0.15) is 5.10 Å². The van der Waals surface area contributed by atoms with Crippen LogP contribution >= 0.6 is 0 Å². The zero-order valence-electron chi connectivity index (χ0n) is 9.28. The number of nitrogens with zero attached hydrogens (tertiary/aromatic N) is 4. The number of carbonyl (C=O) groups is 1. The van der Waals surface area contributed by atoms with E-state index in [0.717, 1.165) is 12.8 Å². The molecule has 0 aliphatic heterocycles. The van der Waals surface area contributed by atoms with Gasteiger partial charge in [0.1, 0.15) is 18.7 Å². The Morgan fingerprint density at radius 1 is 1.69 bits per heavy atom. The predicted molar refractivity (Wildman–Crippen MR) is 56.6 cm³/mol. The maximum atomic E-state index is 12.1. The van der Waals surface area contributed by atoms with Crippen molar-refractivity contribution in [2.45, 2.75) is 31.8 Å². The summed E-state index contributed by atoms with van der Waals surface area (Å²) in [6.07, 6.45) is 5.02. The van der Waals surface area contributed by atoms with E-state index >= 15 is 0 Å². The summed E-state index contributed by atoms with van der Waals surface area (Å²) in [5.41, 5.74) is 0. The van der Waals surface area contributed by atoms with Gasteiger partial charge in [-0.25, -0.2) is 9.67 Å². The van der Waals surface area contributed by atoms with Crippen molar-refractivity contribution < 1.29 is 9.90 Å². The van der Waals surface area contributed by atoms with Crippen LogP contribution in [0, 0.1) is 0 Å². The Bertz CT molecular complexity index is 348. The molecule has 1 amide bonds. The minimum atomic E-state index is -0.352. The van der Waals surface area contributed by atoms with Crippen molar-refractivity contribution >= 4 is 5.91 Å². The van der Waals surface area contributed by atoms with Crippen LogP contribution in [0.4, 0.5) is 0 Å². The summed E-state index contributed by atoms with van der Waals surface area (Å²) in [6.45, 7) is 2.21. The lowest BCUT2D eigenvalue weighted by Crippen LogP contribution is -2.39. The van der Waals surface area contributed by atoms with Gasteiger partial charge in [-0.1, -0.05) is 0 Å². The van der Waals surface area contributed by atoms with Gasteiger partial charge in [0, 0.05) is 12.6 Å². The third-order valence-electron chi connectivity index (χ3n) is 2.80. The van der Waals surface area contributed by atoms with Crippen LogP contribution in [0.3, 0.4) is 0 Å². The first-order valence-corrected chi connectivity index (χ1v) is 5.49. The van der Waals surface area contributed by atoms with Gasteiger partial charge in [-0.05, 0) is 19.8 Å². The molecule has 0 bridgehead atoms. The fourth-order valence-electron chi connectivity index (χ4n) is 1.74. The Labute approximate surface area is 93.9 Å². The van der Waals surface area contributed by atoms with E-state index < -0.39 is 0 Å². The molecule has 88 valence electrons. The first-order chi connectivity index (χ1) is 7.74. The van der Waals surface area contributed by atoms with Gasteiger partial charge in [0.15, 0.2) is 0 Å². The third-order valence-corrected chi connectivity index (χ3v) is 2.80. The lowest BCUT2D eigenvalue weighted by atomic mass is 10.3. The van der Waals surface area contributed by atoms with Crippen molar-refractivity contribution in [3.63, 3.8) is 0 Å². The van der Waals surface area contributed by atoms with Crippen LogP contribution < -0.4 is 0 Å². The molecule has 1 unspecified atom stereocenters. The van der Waals surface area contributed by atoms with Crippen molar-refractivity contribution in [1.29, 1.82) is 0 Å². The van der Waals surface area contributed by atoms with Crippen molar-refractivity contribution in [3.05, 3.63) is 12.7 Å². The normalized spacial score (nSPS) is 17.1. The molecule has 6 nitrogen and oxygen atoms in total. The number of hydrogen-bond acceptors (Lipinski definition) is 4. The Balaban J connectivity index is 2.04. The molecule has 1 saturated carbocycles. The van der Waals surface area contributed by atoms with Crippen LogP contribution in [0.2, 0.25) is 0 Å². The second-order valence-electron chi connectivity index (χ2n) is 4.04. The highest BCUT2D eigenvalue weighted by atomic mass is 16.3. The maximum absolute atomic E-state index is 12.1. The molecule has 1 atom stereocenters. The Hall–Kier alpha value is -1.43. The summed E-state index contributed by atoms with van der Waals surface area (Å²) < 4.78 is 1.54. The van der Waals surface area contributed by atoms with Crippen molar-refractivity contribution in [3.8, 4) is 0 Å². The molecule has 0 radical (unpaired) electrons. The molecule has 1 aliphatic rings. The summed E-state index contributed by atoms with van der Waals surface area (Å²) in [4.78, 5) is 17.7. The van der Waals surface area contributed by atoms with Gasteiger partial charge in [0.05, 0.1) is 6.61 Å². The maximum Gasteiger partial charge on any atom is 0.247 e. The van der Waals surface area contributed by atoms with Crippen LogP contribution in [-0.4, -0.2) is 49.9 Å². The predicted octanol–water partition coefficient (Wildman–Crippen LogP) is -0.178. The molecule has 1 aromatic rings. The van der Waals surface area contributed by atoms with E-state index in [1.165, 1.54) is 17.3 Å². The molecule has 1 N–H and O–H groups in total. The number of rotatable bonds is 5. The number of aliphatic hydroxyl groups excluding tert-OH is 1. The van der Waals surface area contributed by atoms with Gasteiger partial charge in [0.2, 0.25) is 5.91 Å². The van der Waals surface area contributed by atoms with Crippen LogP contribution in [0.1, 0.15) is 25.8 Å². The number of hydrogen-bond donors (Lipinski definition) is 1. The molecule has 0 saturated heterocycles. The second kappa shape index (κ2) is 4.61. The highest BCUT2D eigenvalue weighted by molar-refractivity contribution is 5.80. The second-order valence-corrected chi connectivity index (χ2v) is 4.04. The largest absolute Gasteiger partial charge is 0.395 e. The summed E-state index contributed by atoms with van der Waals surface area (Å²) in [7, 11) is 0. The molecular formula is C10H16N4O2. The first kappa shape index (κ1) is 11.1. The Morgan fingerprint density at radius 3 is 2.94 bits per heavy atom. The zero-order chi connectivity index (χ0) is 11.5. The van der Waals surface area contributed by atoms with Gasteiger partial charge >= 0.3 is 0 Å². The molecule has 1 fully saturated rings. The summed E-state index contributed by atoms with van der Waals surface area (Å²) >= 11 is 0. The highest BCUT2D eigenvalue weighted by Gasteiger charge is 2.34. The van der Waals surface area contributed by atoms with E-state index in [2.05, 4.69) is 10.1 Å². The summed E-state index contributed by atoms with van der Waals surface area (Å²) in [5, 5.41) is 12.9. The van der Waals surface area contributed by atoms with Crippen molar-refractivity contribution in [2.24, 2.45) is 0 Å². The van der Waals surface area contributed by atoms with Crippen molar-refractivity contribution in [2.75, 3.05) is 13.2 Å².